The van der Waals surface area contributed by atoms with E-state index in [0.717, 1.165) is 11.8 Å². The minimum Gasteiger partial charge on any atom is -0.337 e. The SMILES string of the molecule is CCN(CCn1cc(-c2ccc(F)cn2)cn1)C(=O)c1cc(F)ccc1-n1nccn1. The average Bonchev–Trinajstić information content (AvgIpc) is 3.47. The highest BCUT2D eigenvalue weighted by atomic mass is 19.1. The molecule has 0 bridgehead atoms. The van der Waals surface area contributed by atoms with Crippen molar-refractivity contribution in [3.63, 3.8) is 0 Å². The lowest BCUT2D eigenvalue weighted by Gasteiger charge is -2.22. The van der Waals surface area contributed by atoms with Crippen LogP contribution < -0.4 is 0 Å². The Morgan fingerprint density at radius 3 is 2.52 bits per heavy atom. The van der Waals surface area contributed by atoms with Crippen LogP contribution in [0.3, 0.4) is 0 Å². The Kier molecular flexibility index (Phi) is 5.78. The first-order valence-corrected chi connectivity index (χ1v) is 9.65. The molecule has 3 aromatic heterocycles. The van der Waals surface area contributed by atoms with Crippen molar-refractivity contribution < 1.29 is 13.6 Å². The number of pyridine rings is 1. The molecule has 0 aliphatic heterocycles. The molecule has 1 aromatic carbocycles. The summed E-state index contributed by atoms with van der Waals surface area (Å²) in [5.41, 5.74) is 1.92. The Hall–Kier alpha value is -3.95. The molecule has 4 rings (SSSR count). The number of nitrogens with zero attached hydrogens (tertiary/aromatic N) is 7. The van der Waals surface area contributed by atoms with E-state index >= 15 is 0 Å². The number of likely N-dealkylation sites (N-methyl/N-ethyl adjacent to an activating group) is 1. The molecular weight excluding hydrogens is 404 g/mol. The third-order valence-electron chi connectivity index (χ3n) is 4.75. The molecule has 0 aliphatic rings. The number of hydrogen-bond acceptors (Lipinski definition) is 5. The van der Waals surface area contributed by atoms with Gasteiger partial charge in [-0.15, -0.1) is 0 Å². The minimum absolute atomic E-state index is 0.176. The van der Waals surface area contributed by atoms with Gasteiger partial charge in [0.1, 0.15) is 11.6 Å². The fourth-order valence-corrected chi connectivity index (χ4v) is 3.16. The zero-order chi connectivity index (χ0) is 21.8. The second-order valence-electron chi connectivity index (χ2n) is 6.72. The van der Waals surface area contributed by atoms with Crippen LogP contribution >= 0.6 is 0 Å². The summed E-state index contributed by atoms with van der Waals surface area (Å²) in [4.78, 5) is 20.1. The van der Waals surface area contributed by atoms with E-state index in [1.165, 1.54) is 41.5 Å². The van der Waals surface area contributed by atoms with Crippen LogP contribution in [0.1, 0.15) is 17.3 Å². The van der Waals surface area contributed by atoms with Gasteiger partial charge in [-0.2, -0.15) is 20.1 Å². The van der Waals surface area contributed by atoms with E-state index in [-0.39, 0.29) is 11.5 Å². The normalized spacial score (nSPS) is 10.9. The predicted molar refractivity (Wildman–Crippen MR) is 108 cm³/mol. The van der Waals surface area contributed by atoms with Crippen molar-refractivity contribution in [2.24, 2.45) is 0 Å². The Morgan fingerprint density at radius 1 is 1.03 bits per heavy atom. The molecule has 10 heteroatoms. The average molecular weight is 423 g/mol. The lowest BCUT2D eigenvalue weighted by Crippen LogP contribution is -2.34. The number of benzene rings is 1. The van der Waals surface area contributed by atoms with Gasteiger partial charge in [0.15, 0.2) is 0 Å². The molecule has 1 amide bonds. The Balaban J connectivity index is 1.50. The summed E-state index contributed by atoms with van der Waals surface area (Å²) in [7, 11) is 0. The molecule has 0 saturated carbocycles. The maximum Gasteiger partial charge on any atom is 0.256 e. The molecule has 0 N–H and O–H groups in total. The van der Waals surface area contributed by atoms with Crippen LogP contribution in [0.5, 0.6) is 0 Å². The van der Waals surface area contributed by atoms with Crippen LogP contribution in [0.25, 0.3) is 16.9 Å². The van der Waals surface area contributed by atoms with Crippen molar-refractivity contribution in [3.8, 4) is 16.9 Å². The first kappa shape index (κ1) is 20.3. The highest BCUT2D eigenvalue weighted by Gasteiger charge is 2.20. The van der Waals surface area contributed by atoms with E-state index in [2.05, 4.69) is 20.3 Å². The molecule has 3 heterocycles. The van der Waals surface area contributed by atoms with Gasteiger partial charge in [0.25, 0.3) is 5.91 Å². The summed E-state index contributed by atoms with van der Waals surface area (Å²) in [5.74, 6) is -1.25. The lowest BCUT2D eigenvalue weighted by molar-refractivity contribution is 0.0756. The highest BCUT2D eigenvalue weighted by Crippen LogP contribution is 2.18. The zero-order valence-electron chi connectivity index (χ0n) is 16.7. The molecule has 0 aliphatic carbocycles. The molecule has 0 spiro atoms. The number of carbonyl (C=O) groups is 1. The van der Waals surface area contributed by atoms with Crippen molar-refractivity contribution in [1.29, 1.82) is 0 Å². The number of rotatable bonds is 7. The first-order chi connectivity index (χ1) is 15.0. The van der Waals surface area contributed by atoms with Crippen molar-refractivity contribution in [1.82, 2.24) is 34.7 Å². The lowest BCUT2D eigenvalue weighted by atomic mass is 10.1. The van der Waals surface area contributed by atoms with Gasteiger partial charge < -0.3 is 4.90 Å². The van der Waals surface area contributed by atoms with E-state index in [1.807, 2.05) is 6.92 Å². The van der Waals surface area contributed by atoms with Crippen LogP contribution in [0.4, 0.5) is 8.78 Å². The topological polar surface area (TPSA) is 81.7 Å². The quantitative estimate of drug-likeness (QED) is 0.457. The Bertz CT molecular complexity index is 1170. The molecule has 0 fully saturated rings. The molecule has 0 saturated heterocycles. The monoisotopic (exact) mass is 423 g/mol. The van der Waals surface area contributed by atoms with E-state index in [4.69, 9.17) is 0 Å². The maximum absolute atomic E-state index is 13.9. The van der Waals surface area contributed by atoms with E-state index in [9.17, 15) is 13.6 Å². The van der Waals surface area contributed by atoms with Crippen LogP contribution in [-0.2, 0) is 6.54 Å². The second kappa shape index (κ2) is 8.82. The fraction of sp³-hybridized carbons (Fsp3) is 0.190. The van der Waals surface area contributed by atoms with E-state index in [0.29, 0.717) is 31.0 Å². The minimum atomic E-state index is -0.515. The largest absolute Gasteiger partial charge is 0.337 e. The Labute approximate surface area is 176 Å². The maximum atomic E-state index is 13.9. The predicted octanol–water partition coefficient (Wildman–Crippen LogP) is 2.97. The summed E-state index contributed by atoms with van der Waals surface area (Å²) in [5, 5.41) is 12.4. The molecule has 8 nitrogen and oxygen atoms in total. The molecule has 0 radical (unpaired) electrons. The second-order valence-corrected chi connectivity index (χ2v) is 6.72. The number of halogens is 2. The van der Waals surface area contributed by atoms with Crippen LogP contribution in [0.2, 0.25) is 0 Å². The van der Waals surface area contributed by atoms with Crippen LogP contribution in [-0.4, -0.2) is 53.7 Å². The molecule has 158 valence electrons. The smallest absolute Gasteiger partial charge is 0.256 e. The van der Waals surface area contributed by atoms with E-state index < -0.39 is 11.6 Å². The summed E-state index contributed by atoms with van der Waals surface area (Å²) < 4.78 is 28.6. The van der Waals surface area contributed by atoms with Gasteiger partial charge in [-0.1, -0.05) is 0 Å². The zero-order valence-corrected chi connectivity index (χ0v) is 16.7. The third-order valence-corrected chi connectivity index (χ3v) is 4.75. The van der Waals surface area contributed by atoms with Gasteiger partial charge in [0.05, 0.1) is 48.3 Å². The highest BCUT2D eigenvalue weighted by molar-refractivity contribution is 5.97. The first-order valence-electron chi connectivity index (χ1n) is 9.65. The molecule has 31 heavy (non-hydrogen) atoms. The molecule has 0 atom stereocenters. The standard InChI is InChI=1S/C21H19F2N7O/c1-2-28(9-10-29-14-15(12-27-29)19-5-3-17(23)13-24-19)21(31)18-11-16(22)4-6-20(18)30-25-7-8-26-30/h3-8,11-14H,2,9-10H2,1H3. The number of hydrogen-bond donors (Lipinski definition) is 0. The summed E-state index contributed by atoms with van der Waals surface area (Å²) in [6, 6.07) is 6.85. The van der Waals surface area contributed by atoms with Crippen LogP contribution in [0.15, 0.2) is 61.3 Å². The number of carbonyl (C=O) groups excluding carboxylic acids is 1. The van der Waals surface area contributed by atoms with Gasteiger partial charge in [-0.3, -0.25) is 14.5 Å². The Morgan fingerprint density at radius 2 is 1.81 bits per heavy atom. The summed E-state index contributed by atoms with van der Waals surface area (Å²) >= 11 is 0. The fourth-order valence-electron chi connectivity index (χ4n) is 3.16. The van der Waals surface area contributed by atoms with Crippen molar-refractivity contribution in [3.05, 3.63) is 78.5 Å². The van der Waals surface area contributed by atoms with Gasteiger partial charge in [-0.25, -0.2) is 8.78 Å². The third kappa shape index (κ3) is 4.47. The summed E-state index contributed by atoms with van der Waals surface area (Å²) in [6.07, 6.45) is 7.53. The van der Waals surface area contributed by atoms with Crippen molar-refractivity contribution in [2.75, 3.05) is 13.1 Å². The van der Waals surface area contributed by atoms with Crippen LogP contribution in [0, 0.1) is 11.6 Å². The molecule has 0 unspecified atom stereocenters. The van der Waals surface area contributed by atoms with E-state index in [1.54, 1.807) is 28.0 Å². The van der Waals surface area contributed by atoms with Crippen molar-refractivity contribution in [2.45, 2.75) is 13.5 Å². The van der Waals surface area contributed by atoms with Gasteiger partial charge >= 0.3 is 0 Å². The van der Waals surface area contributed by atoms with Crippen molar-refractivity contribution >= 4 is 5.91 Å². The van der Waals surface area contributed by atoms with Gasteiger partial charge in [0.2, 0.25) is 0 Å². The van der Waals surface area contributed by atoms with Gasteiger partial charge in [0, 0.05) is 24.8 Å². The molecule has 4 aromatic rings. The number of amides is 1. The van der Waals surface area contributed by atoms with Gasteiger partial charge in [-0.05, 0) is 37.3 Å². The molecular formula is C21H19F2N7O. The number of aromatic nitrogens is 6. The summed E-state index contributed by atoms with van der Waals surface area (Å²) in [6.45, 7) is 3.05.